The highest BCUT2D eigenvalue weighted by molar-refractivity contribution is 6.10. The average Bonchev–Trinajstić information content (AvgIpc) is 3.28. The Balaban J connectivity index is 1.09. The first kappa shape index (κ1) is 24.1. The topological polar surface area (TPSA) is 46.6 Å². The van der Waals surface area contributed by atoms with Gasteiger partial charge < -0.3 is 9.64 Å². The lowest BCUT2D eigenvalue weighted by atomic mass is 9.75. The molecule has 2 aliphatic heterocycles. The molecule has 2 heterocycles. The number of ketones is 1. The van der Waals surface area contributed by atoms with Gasteiger partial charge in [0.15, 0.2) is 5.78 Å². The first-order valence-corrected chi connectivity index (χ1v) is 14.3. The van der Waals surface area contributed by atoms with Crippen LogP contribution < -0.4 is 0 Å². The molecule has 4 aromatic rings. The van der Waals surface area contributed by atoms with Crippen molar-refractivity contribution >= 4 is 22.6 Å². The quantitative estimate of drug-likeness (QED) is 0.259. The molecule has 7 rings (SSSR count). The Hall–Kier alpha value is -3.92. The molecule has 0 spiro atoms. The number of piperidine rings is 2. The van der Waals surface area contributed by atoms with Crippen LogP contribution in [-0.2, 0) is 4.74 Å². The zero-order valence-electron chi connectivity index (χ0n) is 22.3. The highest BCUT2D eigenvalue weighted by atomic mass is 16.6. The highest BCUT2D eigenvalue weighted by Gasteiger charge is 2.44. The summed E-state index contributed by atoms with van der Waals surface area (Å²) in [5.41, 5.74) is 6.79. The van der Waals surface area contributed by atoms with Gasteiger partial charge in [-0.2, -0.15) is 0 Å². The number of carbonyl (C=O) groups is 2. The molecule has 0 radical (unpaired) electrons. The summed E-state index contributed by atoms with van der Waals surface area (Å²) in [5, 5.41) is 2.13. The molecule has 3 aliphatic rings. The number of hydrogen-bond donors (Lipinski definition) is 0. The zero-order chi connectivity index (χ0) is 26.5. The molecule has 2 saturated heterocycles. The Morgan fingerprint density at radius 2 is 1.41 bits per heavy atom. The second-order valence-corrected chi connectivity index (χ2v) is 11.5. The number of carbonyl (C=O) groups excluding carboxylic acids is 2. The summed E-state index contributed by atoms with van der Waals surface area (Å²) in [6.07, 6.45) is 4.15. The minimum absolute atomic E-state index is 0.0506. The molecular formula is C35H33NO3. The molecule has 1 aliphatic carbocycles. The molecule has 4 nitrogen and oxygen atoms in total. The lowest BCUT2D eigenvalue weighted by Gasteiger charge is -2.47. The van der Waals surface area contributed by atoms with Crippen LogP contribution >= 0.6 is 0 Å². The summed E-state index contributed by atoms with van der Waals surface area (Å²) in [6.45, 7) is 2.37. The van der Waals surface area contributed by atoms with Crippen molar-refractivity contribution in [2.24, 2.45) is 5.92 Å². The third kappa shape index (κ3) is 4.05. The molecule has 2 unspecified atom stereocenters. The van der Waals surface area contributed by atoms with E-state index in [2.05, 4.69) is 72.8 Å². The van der Waals surface area contributed by atoms with E-state index in [9.17, 15) is 9.59 Å². The van der Waals surface area contributed by atoms with E-state index in [1.165, 1.54) is 22.3 Å². The standard InChI is InChI=1S/C35H33NO3/c1-22-17-18-23-9-2-3-12-27(23)33(22)34(37)24-19-25-10-8-11-26(20-24)36(25)35(38)39-21-32-30-15-6-4-13-28(30)29-14-5-7-16-31(29)32/h2-7,9,12-18,24-26,32H,8,10-11,19-21H2,1H3. The van der Waals surface area contributed by atoms with E-state index >= 15 is 0 Å². The van der Waals surface area contributed by atoms with Gasteiger partial charge in [-0.25, -0.2) is 4.79 Å². The molecular weight excluding hydrogens is 482 g/mol. The van der Waals surface area contributed by atoms with Gasteiger partial charge in [-0.05, 0) is 77.6 Å². The molecule has 196 valence electrons. The van der Waals surface area contributed by atoms with Crippen LogP contribution in [0, 0.1) is 12.8 Å². The van der Waals surface area contributed by atoms with Gasteiger partial charge in [-0.15, -0.1) is 0 Å². The monoisotopic (exact) mass is 515 g/mol. The zero-order valence-corrected chi connectivity index (χ0v) is 22.3. The van der Waals surface area contributed by atoms with Gasteiger partial charge in [0, 0.05) is 29.5 Å². The normalized spacial score (nSPS) is 21.9. The maximum Gasteiger partial charge on any atom is 0.410 e. The smallest absolute Gasteiger partial charge is 0.410 e. The van der Waals surface area contributed by atoms with Gasteiger partial charge in [-0.1, -0.05) is 84.9 Å². The number of benzene rings is 4. The van der Waals surface area contributed by atoms with Crippen LogP contribution in [0.2, 0.25) is 0 Å². The number of fused-ring (bicyclic) bond motifs is 6. The van der Waals surface area contributed by atoms with Crippen molar-refractivity contribution in [2.75, 3.05) is 6.61 Å². The van der Waals surface area contributed by atoms with E-state index in [-0.39, 0.29) is 35.8 Å². The number of hydrogen-bond acceptors (Lipinski definition) is 3. The molecule has 4 aromatic carbocycles. The van der Waals surface area contributed by atoms with E-state index in [4.69, 9.17) is 4.74 Å². The Labute approximate surface area is 229 Å². The van der Waals surface area contributed by atoms with E-state index < -0.39 is 0 Å². The second kappa shape index (κ2) is 9.68. The summed E-state index contributed by atoms with van der Waals surface area (Å²) < 4.78 is 6.07. The SMILES string of the molecule is Cc1ccc2ccccc2c1C(=O)C1CC2CCCC(C1)N2C(=O)OCC1c2ccccc2-c2ccccc21. The summed E-state index contributed by atoms with van der Waals surface area (Å²) in [5.74, 6) is 0.213. The Morgan fingerprint density at radius 1 is 0.795 bits per heavy atom. The van der Waals surface area contributed by atoms with Gasteiger partial charge in [-0.3, -0.25) is 4.79 Å². The number of aryl methyl sites for hydroxylation is 1. The van der Waals surface area contributed by atoms with Gasteiger partial charge in [0.1, 0.15) is 6.61 Å². The van der Waals surface area contributed by atoms with Crippen molar-refractivity contribution in [1.29, 1.82) is 0 Å². The van der Waals surface area contributed by atoms with Crippen LogP contribution in [0.4, 0.5) is 4.79 Å². The fraction of sp³-hybridized carbons (Fsp3) is 0.314. The minimum atomic E-state index is -0.223. The molecule has 2 bridgehead atoms. The number of ether oxygens (including phenoxy) is 1. The third-order valence-electron chi connectivity index (χ3n) is 9.28. The fourth-order valence-electron chi connectivity index (χ4n) is 7.47. The van der Waals surface area contributed by atoms with Crippen molar-refractivity contribution in [3.63, 3.8) is 0 Å². The number of rotatable bonds is 4. The molecule has 0 saturated carbocycles. The molecule has 4 heteroatoms. The van der Waals surface area contributed by atoms with E-state index in [0.29, 0.717) is 19.4 Å². The van der Waals surface area contributed by atoms with Crippen LogP contribution in [0.1, 0.15) is 65.1 Å². The Bertz CT molecular complexity index is 1530. The van der Waals surface area contributed by atoms with Crippen LogP contribution in [0.5, 0.6) is 0 Å². The highest BCUT2D eigenvalue weighted by Crippen LogP contribution is 2.45. The summed E-state index contributed by atoms with van der Waals surface area (Å²) in [6, 6.07) is 29.3. The minimum Gasteiger partial charge on any atom is -0.448 e. The van der Waals surface area contributed by atoms with Gasteiger partial charge in [0.2, 0.25) is 0 Å². The van der Waals surface area contributed by atoms with E-state index in [1.54, 1.807) is 0 Å². The fourth-order valence-corrected chi connectivity index (χ4v) is 7.47. The van der Waals surface area contributed by atoms with Crippen molar-refractivity contribution < 1.29 is 14.3 Å². The molecule has 0 aromatic heterocycles. The first-order valence-electron chi connectivity index (χ1n) is 14.3. The van der Waals surface area contributed by atoms with Crippen molar-refractivity contribution in [1.82, 2.24) is 4.90 Å². The molecule has 39 heavy (non-hydrogen) atoms. The van der Waals surface area contributed by atoms with Gasteiger partial charge in [0.05, 0.1) is 0 Å². The summed E-state index contributed by atoms with van der Waals surface area (Å²) in [7, 11) is 0. The summed E-state index contributed by atoms with van der Waals surface area (Å²) in [4.78, 5) is 29.5. The predicted molar refractivity (Wildman–Crippen MR) is 154 cm³/mol. The Kier molecular flexibility index (Phi) is 5.99. The second-order valence-electron chi connectivity index (χ2n) is 11.5. The van der Waals surface area contributed by atoms with Crippen LogP contribution in [0.3, 0.4) is 0 Å². The van der Waals surface area contributed by atoms with Crippen LogP contribution in [0.25, 0.3) is 21.9 Å². The average molecular weight is 516 g/mol. The van der Waals surface area contributed by atoms with Crippen LogP contribution in [0.15, 0.2) is 84.9 Å². The number of nitrogens with zero attached hydrogens (tertiary/aromatic N) is 1. The maximum atomic E-state index is 13.9. The van der Waals surface area contributed by atoms with Crippen LogP contribution in [-0.4, -0.2) is 35.5 Å². The van der Waals surface area contributed by atoms with Crippen molar-refractivity contribution in [3.05, 3.63) is 107 Å². The first-order chi connectivity index (χ1) is 19.1. The third-order valence-corrected chi connectivity index (χ3v) is 9.28. The lowest BCUT2D eigenvalue weighted by Crippen LogP contribution is -2.56. The Morgan fingerprint density at radius 3 is 2.10 bits per heavy atom. The lowest BCUT2D eigenvalue weighted by molar-refractivity contribution is 0.00652. The maximum absolute atomic E-state index is 13.9. The van der Waals surface area contributed by atoms with E-state index in [0.717, 1.165) is 41.2 Å². The van der Waals surface area contributed by atoms with Crippen molar-refractivity contribution in [3.8, 4) is 11.1 Å². The molecule has 2 fully saturated rings. The molecule has 0 N–H and O–H groups in total. The largest absolute Gasteiger partial charge is 0.448 e. The number of Topliss-reactive ketones (excluding diaryl/α,β-unsaturated/α-hetero) is 1. The van der Waals surface area contributed by atoms with E-state index in [1.807, 2.05) is 24.0 Å². The van der Waals surface area contributed by atoms with Crippen molar-refractivity contribution in [2.45, 2.75) is 57.0 Å². The van der Waals surface area contributed by atoms with Gasteiger partial charge >= 0.3 is 6.09 Å². The molecule has 1 amide bonds. The summed E-state index contributed by atoms with van der Waals surface area (Å²) >= 11 is 0. The van der Waals surface area contributed by atoms with Gasteiger partial charge in [0.25, 0.3) is 0 Å². The molecule has 2 atom stereocenters. The number of amides is 1. The predicted octanol–water partition coefficient (Wildman–Crippen LogP) is 7.91.